The van der Waals surface area contributed by atoms with Crippen LogP contribution in [0.1, 0.15) is 32.1 Å². The van der Waals surface area contributed by atoms with Crippen molar-refractivity contribution in [3.05, 3.63) is 0 Å². The molecule has 0 aromatic carbocycles. The standard InChI is InChI=1S/C21H49N3O6Si3/c1-23-15-17-24(18-16-23)14-10-8-9-12-21(33(28-5,29-6)30-7)31-20-22-13-11-19-32(25-2,26-3)27-4/h21-22H,8-20H2,1-7H3. The third kappa shape index (κ3) is 10.8. The first-order valence-corrected chi connectivity index (χ1v) is 17.1. The molecule has 1 saturated heterocycles. The highest BCUT2D eigenvalue weighted by atomic mass is 28.4. The van der Waals surface area contributed by atoms with Crippen molar-refractivity contribution in [2.24, 2.45) is 0 Å². The van der Waals surface area contributed by atoms with E-state index in [4.69, 9.17) is 26.6 Å². The zero-order valence-corrected chi connectivity index (χ0v) is 25.1. The van der Waals surface area contributed by atoms with E-state index >= 15 is 0 Å². The van der Waals surface area contributed by atoms with Gasteiger partial charge in [0.25, 0.3) is 0 Å². The van der Waals surface area contributed by atoms with E-state index in [0.29, 0.717) is 14.7 Å². The molecule has 0 spiro atoms. The van der Waals surface area contributed by atoms with Crippen LogP contribution in [0.3, 0.4) is 0 Å². The summed E-state index contributed by atoms with van der Waals surface area (Å²) in [5.74, 6) is 0. The van der Waals surface area contributed by atoms with Crippen LogP contribution in [-0.2, 0) is 26.6 Å². The van der Waals surface area contributed by atoms with Gasteiger partial charge in [0.1, 0.15) is 0 Å². The van der Waals surface area contributed by atoms with Gasteiger partial charge in [-0.1, -0.05) is 12.8 Å². The third-order valence-corrected chi connectivity index (χ3v) is 15.2. The second-order valence-corrected chi connectivity index (χ2v) is 16.8. The normalized spacial score (nSPS) is 17.5. The first kappa shape index (κ1) is 31.3. The van der Waals surface area contributed by atoms with Gasteiger partial charge in [-0.05, 0) is 45.6 Å². The molecular formula is C21H49N3O6Si3. The van der Waals surface area contributed by atoms with Crippen LogP contribution in [0.2, 0.25) is 11.2 Å². The summed E-state index contributed by atoms with van der Waals surface area (Å²) in [6.07, 6.45) is 6.63. The third-order valence-electron chi connectivity index (χ3n) is 6.59. The van der Waals surface area contributed by atoms with Gasteiger partial charge in [0.2, 0.25) is 0 Å². The van der Waals surface area contributed by atoms with Crippen molar-refractivity contribution in [1.29, 1.82) is 0 Å². The molecule has 0 bridgehead atoms. The second-order valence-electron chi connectivity index (χ2n) is 8.54. The van der Waals surface area contributed by atoms with E-state index in [2.05, 4.69) is 22.2 Å². The second kappa shape index (κ2) is 17.7. The summed E-state index contributed by atoms with van der Waals surface area (Å²) >= 11 is 0. The van der Waals surface area contributed by atoms with Gasteiger partial charge in [0.15, 0.2) is 0 Å². The van der Waals surface area contributed by atoms with Gasteiger partial charge in [-0.3, -0.25) is 0 Å². The number of nitrogens with one attached hydrogen (secondary N) is 1. The Bertz CT molecular complexity index is 466. The van der Waals surface area contributed by atoms with E-state index in [0.717, 1.165) is 31.6 Å². The fourth-order valence-corrected chi connectivity index (χ4v) is 11.3. The number of hydrogen-bond acceptors (Lipinski definition) is 9. The Balaban J connectivity index is 2.39. The molecule has 1 fully saturated rings. The van der Waals surface area contributed by atoms with E-state index in [1.54, 1.807) is 42.7 Å². The molecule has 1 unspecified atom stereocenters. The molecule has 1 heterocycles. The largest absolute Gasteiger partial charge is 0.500 e. The highest BCUT2D eigenvalue weighted by Crippen LogP contribution is 2.28. The Morgan fingerprint density at radius 1 is 0.788 bits per heavy atom. The zero-order chi connectivity index (χ0) is 24.6. The fourth-order valence-electron chi connectivity index (χ4n) is 4.28. The van der Waals surface area contributed by atoms with Gasteiger partial charge in [-0.2, -0.15) is 0 Å². The van der Waals surface area contributed by atoms with Crippen molar-refractivity contribution < 1.29 is 26.6 Å². The van der Waals surface area contributed by atoms with Gasteiger partial charge in [0.05, 0.1) is 9.52 Å². The maximum Gasteiger partial charge on any atom is 0.500 e. The summed E-state index contributed by atoms with van der Waals surface area (Å²) in [5.41, 5.74) is 0. The topological polar surface area (TPSA) is 73.9 Å². The molecule has 0 amide bonds. The molecule has 0 aromatic rings. The number of hydrogen-bond donors (Lipinski definition) is 1. The van der Waals surface area contributed by atoms with E-state index in [1.165, 1.54) is 52.0 Å². The van der Waals surface area contributed by atoms with Crippen LogP contribution in [0.15, 0.2) is 0 Å². The maximum atomic E-state index is 5.84. The molecule has 2 radical (unpaired) electrons. The summed E-state index contributed by atoms with van der Waals surface area (Å²) in [7, 11) is 7.90. The molecule has 0 aliphatic carbocycles. The smallest absolute Gasteiger partial charge is 0.377 e. The van der Waals surface area contributed by atoms with Gasteiger partial charge in [-0.15, -0.1) is 0 Å². The Morgan fingerprint density at radius 2 is 1.39 bits per heavy atom. The number of rotatable bonds is 20. The van der Waals surface area contributed by atoms with Crippen LogP contribution in [0.5, 0.6) is 0 Å². The molecule has 1 atom stereocenters. The molecule has 196 valence electrons. The van der Waals surface area contributed by atoms with Gasteiger partial charge in [0, 0.05) is 80.0 Å². The number of unbranched alkanes of at least 4 members (excludes halogenated alkanes) is 2. The Hall–Kier alpha value is 0.291. The van der Waals surface area contributed by atoms with Crippen LogP contribution >= 0.6 is 0 Å². The Labute approximate surface area is 207 Å². The summed E-state index contributed by atoms with van der Waals surface area (Å²) in [6.45, 7) is 6.87. The molecule has 9 nitrogen and oxygen atoms in total. The van der Waals surface area contributed by atoms with Crippen LogP contribution < -0.4 is 5.32 Å². The first-order chi connectivity index (χ1) is 15.9. The van der Waals surface area contributed by atoms with Crippen molar-refractivity contribution in [1.82, 2.24) is 15.1 Å². The van der Waals surface area contributed by atoms with E-state index in [9.17, 15) is 0 Å². The maximum absolute atomic E-state index is 5.84. The van der Waals surface area contributed by atoms with Crippen molar-refractivity contribution in [2.75, 3.05) is 95.1 Å². The average Bonchev–Trinajstić information content (AvgIpc) is 2.85. The molecule has 1 N–H and O–H groups in total. The SMILES string of the molecule is CO[Si](CCCNC[Si]C(CCCCCN1CCN(C)CC1)[Si](OC)(OC)OC)(OC)OC. The molecule has 1 rings (SSSR count). The van der Waals surface area contributed by atoms with Gasteiger partial charge >= 0.3 is 17.6 Å². The monoisotopic (exact) mass is 523 g/mol. The number of nitrogens with zero attached hydrogens (tertiary/aromatic N) is 2. The molecule has 0 saturated carbocycles. The predicted octanol–water partition coefficient (Wildman–Crippen LogP) is 1.52. The average molecular weight is 524 g/mol. The Morgan fingerprint density at radius 3 is 1.94 bits per heavy atom. The Kier molecular flexibility index (Phi) is 16.8. The summed E-state index contributed by atoms with van der Waals surface area (Å²) in [6, 6.07) is 0.802. The number of piperazine rings is 1. The zero-order valence-electron chi connectivity index (χ0n) is 22.1. The van der Waals surface area contributed by atoms with E-state index in [1.807, 2.05) is 0 Å². The quantitative estimate of drug-likeness (QED) is 0.189. The van der Waals surface area contributed by atoms with Crippen LogP contribution in [-0.4, -0.2) is 132 Å². The van der Waals surface area contributed by atoms with Gasteiger partial charge < -0.3 is 41.7 Å². The molecule has 12 heteroatoms. The molecule has 1 aliphatic heterocycles. The minimum atomic E-state index is -2.66. The van der Waals surface area contributed by atoms with Crippen LogP contribution in [0, 0.1) is 0 Å². The lowest BCUT2D eigenvalue weighted by molar-refractivity contribution is 0.118. The minimum Gasteiger partial charge on any atom is -0.377 e. The highest BCUT2D eigenvalue weighted by Gasteiger charge is 2.46. The van der Waals surface area contributed by atoms with Crippen LogP contribution in [0.25, 0.3) is 0 Å². The lowest BCUT2D eigenvalue weighted by atomic mass is 10.2. The van der Waals surface area contributed by atoms with Crippen molar-refractivity contribution in [3.8, 4) is 0 Å². The highest BCUT2D eigenvalue weighted by molar-refractivity contribution is 6.73. The number of likely N-dealkylation sites (N-methyl/N-ethyl adjacent to an activating group) is 1. The van der Waals surface area contributed by atoms with E-state index in [-0.39, 0.29) is 0 Å². The predicted molar refractivity (Wildman–Crippen MR) is 138 cm³/mol. The lowest BCUT2D eigenvalue weighted by Crippen LogP contribution is -2.51. The van der Waals surface area contributed by atoms with Crippen molar-refractivity contribution in [2.45, 2.75) is 43.3 Å². The fraction of sp³-hybridized carbons (Fsp3) is 1.00. The minimum absolute atomic E-state index is 0.319. The first-order valence-electron chi connectivity index (χ1n) is 12.1. The van der Waals surface area contributed by atoms with E-state index < -0.39 is 17.6 Å². The summed E-state index contributed by atoms with van der Waals surface area (Å²) < 4.78 is 34.0. The van der Waals surface area contributed by atoms with Gasteiger partial charge in [-0.25, -0.2) is 0 Å². The van der Waals surface area contributed by atoms with Crippen molar-refractivity contribution >= 4 is 27.1 Å². The van der Waals surface area contributed by atoms with Crippen LogP contribution in [0.4, 0.5) is 0 Å². The van der Waals surface area contributed by atoms with Crippen molar-refractivity contribution in [3.63, 3.8) is 0 Å². The molecule has 33 heavy (non-hydrogen) atoms. The summed E-state index contributed by atoms with van der Waals surface area (Å²) in [5, 5.41) is 3.88. The lowest BCUT2D eigenvalue weighted by Gasteiger charge is -2.33. The summed E-state index contributed by atoms with van der Waals surface area (Å²) in [4.78, 5) is 5.00. The molecule has 0 aromatic heterocycles. The molecular weight excluding hydrogens is 475 g/mol. The molecule has 1 aliphatic rings.